The molecular formula is C22H16ClF2NO. The Morgan fingerprint density at radius 1 is 1.00 bits per heavy atom. The van der Waals surface area contributed by atoms with Crippen LogP contribution < -0.4 is 0 Å². The Hall–Kier alpha value is -2.72. The van der Waals surface area contributed by atoms with E-state index in [1.54, 1.807) is 17.0 Å². The van der Waals surface area contributed by atoms with Gasteiger partial charge < -0.3 is 4.90 Å². The average molecular weight is 384 g/mol. The maximum absolute atomic E-state index is 14.2. The van der Waals surface area contributed by atoms with Gasteiger partial charge in [0.05, 0.1) is 11.6 Å². The van der Waals surface area contributed by atoms with Gasteiger partial charge in [-0.1, -0.05) is 48.0 Å². The lowest BCUT2D eigenvalue weighted by Crippen LogP contribution is -2.41. The molecule has 0 aromatic heterocycles. The van der Waals surface area contributed by atoms with Crippen molar-refractivity contribution in [2.75, 3.05) is 6.54 Å². The lowest BCUT2D eigenvalue weighted by atomic mass is 9.87. The first-order chi connectivity index (χ1) is 13.0. The summed E-state index contributed by atoms with van der Waals surface area (Å²) in [5.74, 6) is -1.89. The van der Waals surface area contributed by atoms with Crippen LogP contribution >= 0.6 is 11.6 Å². The van der Waals surface area contributed by atoms with Gasteiger partial charge in [-0.3, -0.25) is 4.79 Å². The fraction of sp³-hybridized carbons (Fsp3) is 0.136. The van der Waals surface area contributed by atoms with E-state index >= 15 is 0 Å². The molecule has 0 aliphatic carbocycles. The maximum atomic E-state index is 14.2. The van der Waals surface area contributed by atoms with E-state index in [9.17, 15) is 13.6 Å². The van der Waals surface area contributed by atoms with Gasteiger partial charge in [0.25, 0.3) is 5.91 Å². The van der Waals surface area contributed by atoms with Gasteiger partial charge in [0.2, 0.25) is 0 Å². The quantitative estimate of drug-likeness (QED) is 0.579. The number of hydrogen-bond acceptors (Lipinski definition) is 1. The Kier molecular flexibility index (Phi) is 4.66. The molecule has 0 saturated heterocycles. The zero-order chi connectivity index (χ0) is 19.0. The first-order valence-electron chi connectivity index (χ1n) is 8.64. The fourth-order valence-electron chi connectivity index (χ4n) is 3.61. The summed E-state index contributed by atoms with van der Waals surface area (Å²) in [5, 5.41) is 0.594. The standard InChI is InChI=1S/C22H16ClF2NO/c23-16-7-5-15(6-8-16)21-18-4-2-1-3-14(18)11-12-26(21)22(27)19-13-17(24)9-10-20(19)25/h1-10,13,21H,11-12H2/t21-/m0/s1. The van der Waals surface area contributed by atoms with Crippen LogP contribution in [0.2, 0.25) is 5.02 Å². The largest absolute Gasteiger partial charge is 0.327 e. The van der Waals surface area contributed by atoms with Gasteiger partial charge in [-0.25, -0.2) is 8.78 Å². The Labute approximate surface area is 161 Å². The lowest BCUT2D eigenvalue weighted by Gasteiger charge is -2.38. The minimum atomic E-state index is -0.727. The molecule has 136 valence electrons. The monoisotopic (exact) mass is 383 g/mol. The summed E-state index contributed by atoms with van der Waals surface area (Å²) < 4.78 is 27.8. The van der Waals surface area contributed by atoms with E-state index in [1.807, 2.05) is 36.4 Å². The highest BCUT2D eigenvalue weighted by molar-refractivity contribution is 6.30. The molecule has 1 aliphatic heterocycles. The van der Waals surface area contributed by atoms with Crippen LogP contribution in [0.5, 0.6) is 0 Å². The number of nitrogens with zero attached hydrogens (tertiary/aromatic N) is 1. The smallest absolute Gasteiger partial charge is 0.257 e. The highest BCUT2D eigenvalue weighted by atomic mass is 35.5. The van der Waals surface area contributed by atoms with Crippen molar-refractivity contribution in [3.63, 3.8) is 0 Å². The van der Waals surface area contributed by atoms with Crippen molar-refractivity contribution in [3.05, 3.63) is 106 Å². The number of halogens is 3. The molecule has 0 N–H and O–H groups in total. The third-order valence-electron chi connectivity index (χ3n) is 4.89. The first-order valence-corrected chi connectivity index (χ1v) is 9.01. The summed E-state index contributed by atoms with van der Waals surface area (Å²) >= 11 is 6.01. The zero-order valence-corrected chi connectivity index (χ0v) is 15.1. The highest BCUT2D eigenvalue weighted by Gasteiger charge is 2.33. The van der Waals surface area contributed by atoms with Crippen molar-refractivity contribution < 1.29 is 13.6 Å². The molecule has 0 unspecified atom stereocenters. The topological polar surface area (TPSA) is 20.3 Å². The van der Waals surface area contributed by atoms with Crippen molar-refractivity contribution in [2.24, 2.45) is 0 Å². The molecule has 0 radical (unpaired) electrons. The van der Waals surface area contributed by atoms with E-state index < -0.39 is 17.5 Å². The minimum absolute atomic E-state index is 0.256. The third kappa shape index (κ3) is 3.33. The number of hydrogen-bond donors (Lipinski definition) is 0. The van der Waals surface area contributed by atoms with Crippen molar-refractivity contribution in [2.45, 2.75) is 12.5 Å². The van der Waals surface area contributed by atoms with Gasteiger partial charge in [-0.15, -0.1) is 0 Å². The van der Waals surface area contributed by atoms with Crippen molar-refractivity contribution in [1.29, 1.82) is 0 Å². The van der Waals surface area contributed by atoms with Gasteiger partial charge in [0.15, 0.2) is 0 Å². The van der Waals surface area contributed by atoms with Gasteiger partial charge in [0, 0.05) is 11.6 Å². The molecule has 1 amide bonds. The molecule has 2 nitrogen and oxygen atoms in total. The molecule has 1 aliphatic rings. The van der Waals surface area contributed by atoms with E-state index in [4.69, 9.17) is 11.6 Å². The molecule has 5 heteroatoms. The van der Waals surface area contributed by atoms with Crippen molar-refractivity contribution in [3.8, 4) is 0 Å². The van der Waals surface area contributed by atoms with Crippen LogP contribution in [0.4, 0.5) is 8.78 Å². The van der Waals surface area contributed by atoms with Crippen LogP contribution in [0.3, 0.4) is 0 Å². The van der Waals surface area contributed by atoms with Crippen LogP contribution in [0.25, 0.3) is 0 Å². The van der Waals surface area contributed by atoms with E-state index in [-0.39, 0.29) is 11.6 Å². The number of carbonyl (C=O) groups is 1. The summed E-state index contributed by atoms with van der Waals surface area (Å²) in [5.41, 5.74) is 2.74. The van der Waals surface area contributed by atoms with Crippen molar-refractivity contribution in [1.82, 2.24) is 4.90 Å². The van der Waals surface area contributed by atoms with Crippen LogP contribution in [-0.4, -0.2) is 17.4 Å². The van der Waals surface area contributed by atoms with E-state index in [0.29, 0.717) is 18.0 Å². The van der Waals surface area contributed by atoms with Crippen molar-refractivity contribution >= 4 is 17.5 Å². The summed E-state index contributed by atoms with van der Waals surface area (Å²) in [6, 6.07) is 17.7. The molecule has 27 heavy (non-hydrogen) atoms. The number of amides is 1. The third-order valence-corrected chi connectivity index (χ3v) is 5.14. The molecule has 1 heterocycles. The van der Waals surface area contributed by atoms with Crippen LogP contribution in [0.1, 0.15) is 33.1 Å². The predicted octanol–water partition coefficient (Wildman–Crippen LogP) is 5.41. The first kappa shape index (κ1) is 17.7. The minimum Gasteiger partial charge on any atom is -0.327 e. The molecule has 0 spiro atoms. The fourth-order valence-corrected chi connectivity index (χ4v) is 3.73. The second-order valence-corrected chi connectivity index (χ2v) is 6.96. The van der Waals surface area contributed by atoms with E-state index in [2.05, 4.69) is 0 Å². The second-order valence-electron chi connectivity index (χ2n) is 6.53. The summed E-state index contributed by atoms with van der Waals surface area (Å²) in [6.07, 6.45) is 0.656. The SMILES string of the molecule is O=C(c1cc(F)ccc1F)N1CCc2ccccc2[C@@H]1c1ccc(Cl)cc1. The average Bonchev–Trinajstić information content (AvgIpc) is 2.69. The normalized spacial score (nSPS) is 16.1. The number of fused-ring (bicyclic) bond motifs is 1. The molecule has 0 bridgehead atoms. The molecular weight excluding hydrogens is 368 g/mol. The summed E-state index contributed by atoms with van der Waals surface area (Å²) in [7, 11) is 0. The molecule has 3 aromatic carbocycles. The van der Waals surface area contributed by atoms with Crippen LogP contribution in [0, 0.1) is 11.6 Å². The zero-order valence-electron chi connectivity index (χ0n) is 14.3. The van der Waals surface area contributed by atoms with Crippen LogP contribution in [-0.2, 0) is 6.42 Å². The lowest BCUT2D eigenvalue weighted by molar-refractivity contribution is 0.0689. The Bertz CT molecular complexity index is 1000. The molecule has 0 saturated carbocycles. The van der Waals surface area contributed by atoms with Gasteiger partial charge in [-0.2, -0.15) is 0 Å². The number of benzene rings is 3. The number of carbonyl (C=O) groups excluding carboxylic acids is 1. The summed E-state index contributed by atoms with van der Waals surface area (Å²) in [4.78, 5) is 14.7. The molecule has 4 rings (SSSR count). The van der Waals surface area contributed by atoms with E-state index in [0.717, 1.165) is 34.9 Å². The Balaban J connectivity index is 1.82. The Morgan fingerprint density at radius 2 is 1.74 bits per heavy atom. The molecule has 3 aromatic rings. The van der Waals surface area contributed by atoms with Gasteiger partial charge in [0.1, 0.15) is 11.6 Å². The Morgan fingerprint density at radius 3 is 2.52 bits per heavy atom. The highest BCUT2D eigenvalue weighted by Crippen LogP contribution is 2.36. The van der Waals surface area contributed by atoms with E-state index in [1.165, 1.54) is 0 Å². The maximum Gasteiger partial charge on any atom is 0.257 e. The summed E-state index contributed by atoms with van der Waals surface area (Å²) in [6.45, 7) is 0.416. The van der Waals surface area contributed by atoms with Gasteiger partial charge >= 0.3 is 0 Å². The second kappa shape index (κ2) is 7.12. The predicted molar refractivity (Wildman–Crippen MR) is 101 cm³/mol. The molecule has 1 atom stereocenters. The van der Waals surface area contributed by atoms with Gasteiger partial charge in [-0.05, 0) is 53.4 Å². The van der Waals surface area contributed by atoms with Crippen LogP contribution in [0.15, 0.2) is 66.7 Å². The molecule has 0 fully saturated rings. The number of rotatable bonds is 2.